The van der Waals surface area contributed by atoms with Crippen molar-refractivity contribution in [3.8, 4) is 0 Å². The summed E-state index contributed by atoms with van der Waals surface area (Å²) >= 11 is 11.6. The molecule has 6 nitrogen and oxygen atoms in total. The summed E-state index contributed by atoms with van der Waals surface area (Å²) in [4.78, 5) is 11.7. The molecule has 0 aromatic heterocycles. The largest absolute Gasteiger partial charge is 0.350 e. The number of hydrogen-bond acceptors (Lipinski definition) is 4. The molecule has 1 heterocycles. The molecule has 2 rings (SSSR count). The second kappa shape index (κ2) is 6.13. The van der Waals surface area contributed by atoms with Crippen molar-refractivity contribution >= 4 is 39.3 Å². The third kappa shape index (κ3) is 3.42. The number of rotatable bonds is 3. The minimum atomic E-state index is -4.10. The monoisotopic (exact) mass is 349 g/mol. The Hall–Kier alpha value is -1.44. The molecule has 1 aliphatic heterocycles. The first-order chi connectivity index (χ1) is 9.85. The molecule has 21 heavy (non-hydrogen) atoms. The van der Waals surface area contributed by atoms with Gasteiger partial charge in [0, 0.05) is 6.20 Å². The topological polar surface area (TPSA) is 78.5 Å². The van der Waals surface area contributed by atoms with E-state index in [4.69, 9.17) is 23.2 Å². The highest BCUT2D eigenvalue weighted by atomic mass is 35.5. The number of amides is 2. The quantitative estimate of drug-likeness (QED) is 0.878. The van der Waals surface area contributed by atoms with Crippen molar-refractivity contribution in [1.82, 2.24) is 15.2 Å². The lowest BCUT2D eigenvalue weighted by Crippen LogP contribution is -2.46. The second-order valence-electron chi connectivity index (χ2n) is 4.33. The van der Waals surface area contributed by atoms with E-state index < -0.39 is 16.1 Å². The number of halogens is 2. The van der Waals surface area contributed by atoms with Crippen LogP contribution >= 0.6 is 23.2 Å². The van der Waals surface area contributed by atoms with Crippen LogP contribution < -0.4 is 10.1 Å². The molecule has 0 saturated carbocycles. The van der Waals surface area contributed by atoms with E-state index in [-0.39, 0.29) is 14.9 Å². The van der Waals surface area contributed by atoms with Crippen LogP contribution in [0.1, 0.15) is 13.3 Å². The SMILES string of the molecule is CCC1=CNN(C(=O)NS(=O)(=O)c2cccc(Cl)c2Cl)C1. The smallest absolute Gasteiger partial charge is 0.302 e. The van der Waals surface area contributed by atoms with E-state index in [1.54, 1.807) is 6.20 Å². The van der Waals surface area contributed by atoms with E-state index in [1.165, 1.54) is 18.2 Å². The molecule has 0 radical (unpaired) electrons. The highest BCUT2D eigenvalue weighted by Gasteiger charge is 2.26. The zero-order valence-corrected chi connectivity index (χ0v) is 13.4. The van der Waals surface area contributed by atoms with Gasteiger partial charge in [0.1, 0.15) is 4.90 Å². The maximum Gasteiger partial charge on any atom is 0.350 e. The van der Waals surface area contributed by atoms with Gasteiger partial charge in [0.25, 0.3) is 10.0 Å². The molecule has 0 unspecified atom stereocenters. The lowest BCUT2D eigenvalue weighted by molar-refractivity contribution is 0.199. The first-order valence-corrected chi connectivity index (χ1v) is 8.31. The zero-order valence-electron chi connectivity index (χ0n) is 11.1. The van der Waals surface area contributed by atoms with Crippen molar-refractivity contribution in [2.24, 2.45) is 0 Å². The Morgan fingerprint density at radius 3 is 2.76 bits per heavy atom. The second-order valence-corrected chi connectivity index (χ2v) is 6.77. The van der Waals surface area contributed by atoms with Crippen LogP contribution in [0, 0.1) is 0 Å². The van der Waals surface area contributed by atoms with Crippen LogP contribution in [-0.4, -0.2) is 26.0 Å². The molecule has 0 aliphatic carbocycles. The third-order valence-corrected chi connectivity index (χ3v) is 5.21. The molecular weight excluding hydrogens is 337 g/mol. The highest BCUT2D eigenvalue weighted by molar-refractivity contribution is 7.90. The maximum atomic E-state index is 12.2. The molecular formula is C12H13Cl2N3O3S. The summed E-state index contributed by atoms with van der Waals surface area (Å²) in [5, 5.41) is 1.14. The Labute approximate surface area is 132 Å². The Balaban J connectivity index is 2.15. The van der Waals surface area contributed by atoms with Crippen LogP contribution in [0.4, 0.5) is 4.79 Å². The molecule has 2 N–H and O–H groups in total. The molecule has 1 aromatic carbocycles. The lowest BCUT2D eigenvalue weighted by atomic mass is 10.2. The van der Waals surface area contributed by atoms with Crippen molar-refractivity contribution in [2.75, 3.05) is 6.54 Å². The standard InChI is InChI=1S/C12H13Cl2N3O3S/c1-2-8-6-15-17(7-8)12(18)16-21(19,20)10-5-3-4-9(13)11(10)14/h3-6,15H,2,7H2,1H3,(H,16,18). The fourth-order valence-corrected chi connectivity index (χ4v) is 3.44. The first kappa shape index (κ1) is 15.9. The van der Waals surface area contributed by atoms with Crippen molar-refractivity contribution in [3.63, 3.8) is 0 Å². The van der Waals surface area contributed by atoms with Crippen molar-refractivity contribution in [3.05, 3.63) is 40.0 Å². The molecule has 1 aliphatic rings. The fourth-order valence-electron chi connectivity index (χ4n) is 1.72. The average molecular weight is 350 g/mol. The molecule has 0 fully saturated rings. The van der Waals surface area contributed by atoms with Gasteiger partial charge in [0.15, 0.2) is 0 Å². The number of benzene rings is 1. The molecule has 0 bridgehead atoms. The Morgan fingerprint density at radius 2 is 2.14 bits per heavy atom. The summed E-state index contributed by atoms with van der Waals surface area (Å²) in [6.07, 6.45) is 2.43. The molecule has 114 valence electrons. The van der Waals surface area contributed by atoms with Gasteiger partial charge in [-0.1, -0.05) is 36.2 Å². The number of nitrogens with zero attached hydrogens (tertiary/aromatic N) is 1. The lowest BCUT2D eigenvalue weighted by Gasteiger charge is -2.18. The van der Waals surface area contributed by atoms with Gasteiger partial charge in [-0.25, -0.2) is 22.9 Å². The van der Waals surface area contributed by atoms with E-state index in [1.807, 2.05) is 11.6 Å². The summed E-state index contributed by atoms with van der Waals surface area (Å²) in [7, 11) is -4.10. The highest BCUT2D eigenvalue weighted by Crippen LogP contribution is 2.28. The van der Waals surface area contributed by atoms with Gasteiger partial charge in [0.05, 0.1) is 16.6 Å². The maximum absolute atomic E-state index is 12.2. The molecule has 0 spiro atoms. The van der Waals surface area contributed by atoms with Crippen molar-refractivity contribution < 1.29 is 13.2 Å². The third-order valence-electron chi connectivity index (χ3n) is 2.91. The van der Waals surface area contributed by atoms with Crippen LogP contribution in [0.25, 0.3) is 0 Å². The summed E-state index contributed by atoms with van der Waals surface area (Å²) < 4.78 is 26.3. The molecule has 0 saturated heterocycles. The summed E-state index contributed by atoms with van der Waals surface area (Å²) in [6.45, 7) is 2.26. The normalized spacial score (nSPS) is 14.6. The fraction of sp³-hybridized carbons (Fsp3) is 0.250. The van der Waals surface area contributed by atoms with Gasteiger partial charge in [-0.15, -0.1) is 0 Å². The van der Waals surface area contributed by atoms with Crippen LogP contribution in [-0.2, 0) is 10.0 Å². The van der Waals surface area contributed by atoms with Gasteiger partial charge in [0.2, 0.25) is 0 Å². The van der Waals surface area contributed by atoms with E-state index in [9.17, 15) is 13.2 Å². The van der Waals surface area contributed by atoms with E-state index >= 15 is 0 Å². The summed E-state index contributed by atoms with van der Waals surface area (Å²) in [5.74, 6) is 0. The zero-order chi connectivity index (χ0) is 15.6. The number of sulfonamides is 1. The number of nitrogens with one attached hydrogen (secondary N) is 2. The number of carbonyl (C=O) groups is 1. The van der Waals surface area contributed by atoms with Crippen LogP contribution in [0.2, 0.25) is 10.0 Å². The van der Waals surface area contributed by atoms with Crippen LogP contribution in [0.3, 0.4) is 0 Å². The van der Waals surface area contributed by atoms with Gasteiger partial charge >= 0.3 is 6.03 Å². The van der Waals surface area contributed by atoms with Gasteiger partial charge in [-0.05, 0) is 24.1 Å². The number of urea groups is 1. The van der Waals surface area contributed by atoms with Crippen LogP contribution in [0.15, 0.2) is 34.9 Å². The minimum Gasteiger partial charge on any atom is -0.302 e. The van der Waals surface area contributed by atoms with Gasteiger partial charge in [-0.3, -0.25) is 0 Å². The number of hydrazine groups is 1. The van der Waals surface area contributed by atoms with Gasteiger partial charge in [-0.2, -0.15) is 0 Å². The number of hydrogen-bond donors (Lipinski definition) is 2. The Morgan fingerprint density at radius 1 is 1.43 bits per heavy atom. The van der Waals surface area contributed by atoms with E-state index in [0.29, 0.717) is 6.54 Å². The molecule has 1 aromatic rings. The summed E-state index contributed by atoms with van der Waals surface area (Å²) in [6, 6.07) is 3.39. The first-order valence-electron chi connectivity index (χ1n) is 6.07. The van der Waals surface area contributed by atoms with Gasteiger partial charge < -0.3 is 5.43 Å². The van der Waals surface area contributed by atoms with E-state index in [0.717, 1.165) is 17.0 Å². The van der Waals surface area contributed by atoms with E-state index in [2.05, 4.69) is 5.43 Å². The van der Waals surface area contributed by atoms with Crippen LogP contribution in [0.5, 0.6) is 0 Å². The molecule has 0 atom stereocenters. The minimum absolute atomic E-state index is 0.0984. The Bertz CT molecular complexity index is 704. The number of carbonyl (C=O) groups excluding carboxylic acids is 1. The predicted molar refractivity (Wildman–Crippen MR) is 80.4 cm³/mol. The summed E-state index contributed by atoms with van der Waals surface area (Å²) in [5.41, 5.74) is 3.68. The predicted octanol–water partition coefficient (Wildman–Crippen LogP) is 2.51. The Kier molecular flexibility index (Phi) is 4.65. The molecule has 9 heteroatoms. The van der Waals surface area contributed by atoms with Crippen molar-refractivity contribution in [1.29, 1.82) is 0 Å². The molecule has 2 amide bonds. The van der Waals surface area contributed by atoms with Crippen molar-refractivity contribution in [2.45, 2.75) is 18.2 Å². The average Bonchev–Trinajstić information content (AvgIpc) is 2.90.